The van der Waals surface area contributed by atoms with Crippen LogP contribution in [0.5, 0.6) is 0 Å². The average molecular weight is 665 g/mol. The van der Waals surface area contributed by atoms with Crippen molar-refractivity contribution in [2.45, 2.75) is 0 Å². The van der Waals surface area contributed by atoms with Crippen LogP contribution in [0.4, 0.5) is 0 Å². The second-order valence-corrected chi connectivity index (χ2v) is 12.7. The molecule has 0 N–H and O–H groups in total. The first kappa shape index (κ1) is 31.0. The van der Waals surface area contributed by atoms with Gasteiger partial charge in [0.1, 0.15) is 0 Å². The summed E-state index contributed by atoms with van der Waals surface area (Å²) in [6.07, 6.45) is 3.70. The molecule has 7 aromatic carbocycles. The Bertz CT molecular complexity index is 2620. The molecule has 2 aromatic heterocycles. The Kier molecular flexibility index (Phi) is 8.16. The minimum atomic E-state index is 0.637. The summed E-state index contributed by atoms with van der Waals surface area (Å²) in [5.74, 6) is 1.92. The van der Waals surface area contributed by atoms with Crippen molar-refractivity contribution in [3.63, 3.8) is 0 Å². The van der Waals surface area contributed by atoms with Crippen LogP contribution in [0.15, 0.2) is 194 Å². The van der Waals surface area contributed by atoms with Crippen molar-refractivity contribution in [1.82, 2.24) is 19.9 Å². The van der Waals surface area contributed by atoms with Gasteiger partial charge in [-0.15, -0.1) is 0 Å². The lowest BCUT2D eigenvalue weighted by molar-refractivity contribution is 1.07. The van der Waals surface area contributed by atoms with Crippen molar-refractivity contribution < 1.29 is 0 Å². The number of nitrogens with zero attached hydrogens (tertiary/aromatic N) is 4. The summed E-state index contributed by atoms with van der Waals surface area (Å²) in [5.41, 5.74) is 12.1. The summed E-state index contributed by atoms with van der Waals surface area (Å²) in [6, 6.07) is 63.4. The van der Waals surface area contributed by atoms with Gasteiger partial charge in [-0.3, -0.25) is 4.98 Å². The summed E-state index contributed by atoms with van der Waals surface area (Å²) in [4.78, 5) is 19.2. The molecule has 0 aliphatic carbocycles. The Morgan fingerprint density at radius 1 is 0.250 bits per heavy atom. The van der Waals surface area contributed by atoms with E-state index in [9.17, 15) is 0 Å². The monoisotopic (exact) mass is 664 g/mol. The summed E-state index contributed by atoms with van der Waals surface area (Å²) in [5, 5.41) is 2.42. The molecule has 0 saturated carbocycles. The fourth-order valence-corrected chi connectivity index (χ4v) is 6.77. The summed E-state index contributed by atoms with van der Waals surface area (Å²) >= 11 is 0. The first-order valence-electron chi connectivity index (χ1n) is 17.4. The smallest absolute Gasteiger partial charge is 0.164 e. The lowest BCUT2D eigenvalue weighted by Gasteiger charge is -2.13. The van der Waals surface area contributed by atoms with Gasteiger partial charge in [0.2, 0.25) is 0 Å². The highest BCUT2D eigenvalue weighted by Gasteiger charge is 2.14. The quantitative estimate of drug-likeness (QED) is 0.170. The third kappa shape index (κ3) is 6.14. The van der Waals surface area contributed by atoms with Crippen molar-refractivity contribution >= 4 is 10.8 Å². The van der Waals surface area contributed by atoms with E-state index in [0.29, 0.717) is 17.5 Å². The zero-order valence-corrected chi connectivity index (χ0v) is 28.3. The molecule has 9 rings (SSSR count). The van der Waals surface area contributed by atoms with E-state index in [1.165, 1.54) is 33.0 Å². The van der Waals surface area contributed by atoms with E-state index in [4.69, 9.17) is 15.0 Å². The molecular weight excluding hydrogens is 633 g/mol. The maximum Gasteiger partial charge on any atom is 0.164 e. The average Bonchev–Trinajstić information content (AvgIpc) is 3.24. The van der Waals surface area contributed by atoms with Crippen LogP contribution in [0.2, 0.25) is 0 Å². The summed E-state index contributed by atoms with van der Waals surface area (Å²) < 4.78 is 0. The van der Waals surface area contributed by atoms with Crippen molar-refractivity contribution in [3.05, 3.63) is 194 Å². The zero-order chi connectivity index (χ0) is 34.7. The van der Waals surface area contributed by atoms with Gasteiger partial charge in [0, 0.05) is 29.1 Å². The molecule has 244 valence electrons. The van der Waals surface area contributed by atoms with Crippen LogP contribution in [-0.4, -0.2) is 19.9 Å². The largest absolute Gasteiger partial charge is 0.264 e. The number of rotatable bonds is 7. The minimum absolute atomic E-state index is 0.637. The molecule has 0 amide bonds. The van der Waals surface area contributed by atoms with E-state index in [-0.39, 0.29) is 0 Å². The van der Waals surface area contributed by atoms with Crippen molar-refractivity contribution in [2.75, 3.05) is 0 Å². The van der Waals surface area contributed by atoms with Crippen LogP contribution in [0.25, 0.3) is 89.4 Å². The van der Waals surface area contributed by atoms with Crippen LogP contribution in [0, 0.1) is 0 Å². The van der Waals surface area contributed by atoms with Gasteiger partial charge in [0.05, 0.1) is 0 Å². The first-order valence-corrected chi connectivity index (χ1v) is 17.4. The highest BCUT2D eigenvalue weighted by atomic mass is 15.0. The van der Waals surface area contributed by atoms with E-state index in [1.54, 1.807) is 6.20 Å². The molecule has 0 saturated heterocycles. The normalized spacial score (nSPS) is 11.1. The Balaban J connectivity index is 1.06. The second-order valence-electron chi connectivity index (χ2n) is 12.7. The predicted molar refractivity (Wildman–Crippen MR) is 213 cm³/mol. The highest BCUT2D eigenvalue weighted by molar-refractivity contribution is 6.05. The molecule has 0 aliphatic rings. The van der Waals surface area contributed by atoms with Gasteiger partial charge in [0.15, 0.2) is 17.5 Å². The maximum atomic E-state index is 5.00. The number of hydrogen-bond donors (Lipinski definition) is 0. The first-order chi connectivity index (χ1) is 25.8. The number of hydrogen-bond acceptors (Lipinski definition) is 4. The van der Waals surface area contributed by atoms with Gasteiger partial charge in [-0.05, 0) is 61.3 Å². The molecule has 0 fully saturated rings. The maximum absolute atomic E-state index is 5.00. The Labute approximate surface area is 302 Å². The highest BCUT2D eigenvalue weighted by Crippen LogP contribution is 2.37. The van der Waals surface area contributed by atoms with Gasteiger partial charge in [-0.2, -0.15) is 0 Å². The molecule has 4 nitrogen and oxygen atoms in total. The van der Waals surface area contributed by atoms with Crippen LogP contribution in [0.3, 0.4) is 0 Å². The van der Waals surface area contributed by atoms with Crippen LogP contribution in [-0.2, 0) is 0 Å². The molecule has 0 atom stereocenters. The lowest BCUT2D eigenvalue weighted by atomic mass is 9.91. The van der Waals surface area contributed by atoms with E-state index >= 15 is 0 Å². The van der Waals surface area contributed by atoms with Crippen LogP contribution < -0.4 is 0 Å². The third-order valence-corrected chi connectivity index (χ3v) is 9.49. The molecular formula is C48H32N4. The Hall–Kier alpha value is -7.04. The number of aromatic nitrogens is 4. The topological polar surface area (TPSA) is 51.6 Å². The van der Waals surface area contributed by atoms with Gasteiger partial charge < -0.3 is 0 Å². The van der Waals surface area contributed by atoms with E-state index in [1.807, 2.05) is 48.7 Å². The fraction of sp³-hybridized carbons (Fsp3) is 0. The molecule has 0 aliphatic heterocycles. The van der Waals surface area contributed by atoms with Gasteiger partial charge in [0.25, 0.3) is 0 Å². The SMILES string of the molecule is c1ccc(-c2ccc(-c3nc(-c4ccccc4)nc(-c4ccc(-c5ccc(-c6ccc(-c7cccnc7)cc6)c6ccccc56)cc4)n3)cc2)cc1. The molecule has 0 bridgehead atoms. The van der Waals surface area contributed by atoms with Gasteiger partial charge >= 0.3 is 0 Å². The number of benzene rings is 7. The summed E-state index contributed by atoms with van der Waals surface area (Å²) in [7, 11) is 0. The Morgan fingerprint density at radius 2 is 0.596 bits per heavy atom. The molecule has 0 radical (unpaired) electrons. The lowest BCUT2D eigenvalue weighted by Crippen LogP contribution is -2.00. The van der Waals surface area contributed by atoms with Crippen molar-refractivity contribution in [2.24, 2.45) is 0 Å². The standard InChI is InChI=1S/C48H32N4/c1-3-10-33(11-4-1)34-19-25-39(26-20-34)47-50-46(38-12-5-2-6-13-38)51-48(52-47)40-27-23-37(24-28-40)43-30-29-42(44-15-7-8-16-45(43)44)36-21-17-35(18-22-36)41-14-9-31-49-32-41/h1-32H. The van der Waals surface area contributed by atoms with Crippen molar-refractivity contribution in [1.29, 1.82) is 0 Å². The number of pyridine rings is 1. The molecule has 0 unspecified atom stereocenters. The molecule has 9 aromatic rings. The van der Waals surface area contributed by atoms with Crippen molar-refractivity contribution in [3.8, 4) is 78.7 Å². The predicted octanol–water partition coefficient (Wildman–Crippen LogP) is 12.1. The molecule has 4 heteroatoms. The molecule has 52 heavy (non-hydrogen) atoms. The van der Waals surface area contributed by atoms with Crippen LogP contribution in [0.1, 0.15) is 0 Å². The Morgan fingerprint density at radius 3 is 1.06 bits per heavy atom. The van der Waals surface area contributed by atoms with Gasteiger partial charge in [-0.1, -0.05) is 176 Å². The minimum Gasteiger partial charge on any atom is -0.264 e. The number of fused-ring (bicyclic) bond motifs is 1. The fourth-order valence-electron chi connectivity index (χ4n) is 6.77. The van der Waals surface area contributed by atoms with E-state index in [2.05, 4.69) is 145 Å². The zero-order valence-electron chi connectivity index (χ0n) is 28.3. The molecule has 0 spiro atoms. The van der Waals surface area contributed by atoms with Crippen LogP contribution >= 0.6 is 0 Å². The summed E-state index contributed by atoms with van der Waals surface area (Å²) in [6.45, 7) is 0. The van der Waals surface area contributed by atoms with E-state index < -0.39 is 0 Å². The van der Waals surface area contributed by atoms with Gasteiger partial charge in [-0.25, -0.2) is 15.0 Å². The molecule has 2 heterocycles. The second kappa shape index (κ2) is 13.7. The van der Waals surface area contributed by atoms with E-state index in [0.717, 1.165) is 38.9 Å². The third-order valence-electron chi connectivity index (χ3n) is 9.49.